The number of carbonyl (C=O) groups is 3. The summed E-state index contributed by atoms with van der Waals surface area (Å²) in [6.07, 6.45) is 0. The smallest absolute Gasteiger partial charge is 0.331 e. The van der Waals surface area contributed by atoms with Gasteiger partial charge in [-0.1, -0.05) is 42.1 Å². The van der Waals surface area contributed by atoms with E-state index in [1.54, 1.807) is 12.1 Å². The van der Waals surface area contributed by atoms with E-state index in [4.69, 9.17) is 4.74 Å². The molecule has 2 aromatic rings. The molecule has 1 saturated heterocycles. The predicted octanol–water partition coefficient (Wildman–Crippen LogP) is 2.44. The molecular weight excluding hydrogens is 290 g/mol. The van der Waals surface area contributed by atoms with Crippen LogP contribution in [0.25, 0.3) is 10.8 Å². The topological polar surface area (TPSA) is 63.7 Å². The highest BCUT2D eigenvalue weighted by molar-refractivity contribution is 8.14. The summed E-state index contributed by atoms with van der Waals surface area (Å²) < 4.78 is 5.19. The van der Waals surface area contributed by atoms with E-state index in [0.717, 1.165) is 27.4 Å². The van der Waals surface area contributed by atoms with Crippen molar-refractivity contribution in [3.63, 3.8) is 0 Å². The molecule has 1 aliphatic heterocycles. The van der Waals surface area contributed by atoms with Crippen LogP contribution in [0.4, 0.5) is 4.79 Å². The van der Waals surface area contributed by atoms with E-state index >= 15 is 0 Å². The monoisotopic (exact) mass is 301 g/mol. The van der Waals surface area contributed by atoms with Crippen LogP contribution in [0.5, 0.6) is 5.75 Å². The van der Waals surface area contributed by atoms with Crippen molar-refractivity contribution in [3.05, 3.63) is 42.5 Å². The molecule has 0 radical (unpaired) electrons. The van der Waals surface area contributed by atoms with E-state index in [9.17, 15) is 14.4 Å². The first kappa shape index (κ1) is 13.6. The SMILES string of the molecule is O=C(CN1C(=O)CSC1=O)Oc1ccc2ccccc2c1. The number of hydrogen-bond donors (Lipinski definition) is 0. The number of benzene rings is 2. The van der Waals surface area contributed by atoms with Crippen LogP contribution in [0.3, 0.4) is 0 Å². The molecule has 3 rings (SSSR count). The third-order valence-corrected chi connectivity index (χ3v) is 3.94. The average Bonchev–Trinajstić information content (AvgIpc) is 2.79. The minimum Gasteiger partial charge on any atom is -0.425 e. The Morgan fingerprint density at radius 3 is 2.62 bits per heavy atom. The number of amides is 2. The largest absolute Gasteiger partial charge is 0.425 e. The first-order valence-electron chi connectivity index (χ1n) is 6.30. The summed E-state index contributed by atoms with van der Waals surface area (Å²) in [5, 5.41) is 1.58. The lowest BCUT2D eigenvalue weighted by molar-refractivity contribution is -0.138. The van der Waals surface area contributed by atoms with Gasteiger partial charge >= 0.3 is 5.97 Å². The Bertz CT molecular complexity index is 727. The van der Waals surface area contributed by atoms with Gasteiger partial charge in [-0.15, -0.1) is 0 Å². The van der Waals surface area contributed by atoms with Gasteiger partial charge in [0, 0.05) is 0 Å². The van der Waals surface area contributed by atoms with Crippen LogP contribution in [0.2, 0.25) is 0 Å². The van der Waals surface area contributed by atoms with Crippen molar-refractivity contribution in [2.24, 2.45) is 0 Å². The maximum absolute atomic E-state index is 11.8. The fourth-order valence-electron chi connectivity index (χ4n) is 2.06. The quantitative estimate of drug-likeness (QED) is 0.643. The van der Waals surface area contributed by atoms with E-state index < -0.39 is 11.2 Å². The Morgan fingerprint density at radius 1 is 1.14 bits per heavy atom. The molecule has 0 atom stereocenters. The number of esters is 1. The molecule has 2 amide bonds. The molecule has 6 heteroatoms. The van der Waals surface area contributed by atoms with E-state index in [-0.39, 0.29) is 18.2 Å². The molecule has 0 unspecified atom stereocenters. The number of hydrogen-bond acceptors (Lipinski definition) is 5. The van der Waals surface area contributed by atoms with Crippen molar-refractivity contribution in [1.82, 2.24) is 4.90 Å². The Labute approximate surface area is 124 Å². The molecule has 0 aliphatic carbocycles. The number of imide groups is 1. The van der Waals surface area contributed by atoms with Crippen LogP contribution in [0.1, 0.15) is 0 Å². The van der Waals surface area contributed by atoms with E-state index in [1.807, 2.05) is 30.3 Å². The van der Waals surface area contributed by atoms with Crippen LogP contribution in [-0.2, 0) is 9.59 Å². The third-order valence-electron chi connectivity index (χ3n) is 3.08. The normalized spacial score (nSPS) is 14.8. The molecule has 0 spiro atoms. The van der Waals surface area contributed by atoms with Crippen LogP contribution in [0.15, 0.2) is 42.5 Å². The van der Waals surface area contributed by atoms with Crippen LogP contribution in [-0.4, -0.2) is 34.3 Å². The Morgan fingerprint density at radius 2 is 1.90 bits per heavy atom. The van der Waals surface area contributed by atoms with Crippen molar-refractivity contribution in [2.75, 3.05) is 12.3 Å². The van der Waals surface area contributed by atoms with Crippen molar-refractivity contribution in [2.45, 2.75) is 0 Å². The highest BCUT2D eigenvalue weighted by Gasteiger charge is 2.32. The summed E-state index contributed by atoms with van der Waals surface area (Å²) >= 11 is 0.893. The lowest BCUT2D eigenvalue weighted by Crippen LogP contribution is -2.35. The molecule has 0 N–H and O–H groups in total. The zero-order valence-electron chi connectivity index (χ0n) is 10.9. The van der Waals surface area contributed by atoms with Gasteiger partial charge in [-0.3, -0.25) is 14.5 Å². The van der Waals surface area contributed by atoms with Crippen molar-refractivity contribution in [1.29, 1.82) is 0 Å². The second kappa shape index (κ2) is 5.57. The maximum atomic E-state index is 11.8. The molecule has 1 fully saturated rings. The lowest BCUT2D eigenvalue weighted by Gasteiger charge is -2.12. The number of carbonyl (C=O) groups excluding carboxylic acids is 3. The van der Waals surface area contributed by atoms with Gasteiger partial charge in [-0.05, 0) is 22.9 Å². The Hall–Kier alpha value is -2.34. The molecule has 106 valence electrons. The van der Waals surface area contributed by atoms with Gasteiger partial charge < -0.3 is 4.74 Å². The highest BCUT2D eigenvalue weighted by Crippen LogP contribution is 2.22. The zero-order valence-corrected chi connectivity index (χ0v) is 11.8. The number of rotatable bonds is 3. The zero-order chi connectivity index (χ0) is 14.8. The summed E-state index contributed by atoms with van der Waals surface area (Å²) in [7, 11) is 0. The van der Waals surface area contributed by atoms with E-state index in [0.29, 0.717) is 5.75 Å². The maximum Gasteiger partial charge on any atom is 0.331 e. The first-order valence-corrected chi connectivity index (χ1v) is 7.28. The van der Waals surface area contributed by atoms with E-state index in [2.05, 4.69) is 0 Å². The summed E-state index contributed by atoms with van der Waals surface area (Å²) in [4.78, 5) is 35.6. The summed E-state index contributed by atoms with van der Waals surface area (Å²) in [5.74, 6) is -0.511. The van der Waals surface area contributed by atoms with Crippen molar-refractivity contribution >= 4 is 39.7 Å². The highest BCUT2D eigenvalue weighted by atomic mass is 32.2. The number of fused-ring (bicyclic) bond motifs is 1. The minimum absolute atomic E-state index is 0.0854. The van der Waals surface area contributed by atoms with Crippen LogP contribution in [0, 0.1) is 0 Å². The summed E-state index contributed by atoms with van der Waals surface area (Å²) in [5.41, 5.74) is 0. The fraction of sp³-hybridized carbons (Fsp3) is 0.133. The molecule has 0 bridgehead atoms. The van der Waals surface area contributed by atoms with Crippen LogP contribution >= 0.6 is 11.8 Å². The molecule has 1 aliphatic rings. The lowest BCUT2D eigenvalue weighted by atomic mass is 10.1. The number of ether oxygens (including phenoxy) is 1. The molecule has 1 heterocycles. The second-order valence-electron chi connectivity index (χ2n) is 4.52. The fourth-order valence-corrected chi connectivity index (χ4v) is 2.78. The summed E-state index contributed by atoms with van der Waals surface area (Å²) in [6, 6.07) is 13.0. The van der Waals surface area contributed by atoms with Crippen molar-refractivity contribution in [3.8, 4) is 5.75 Å². The molecule has 21 heavy (non-hydrogen) atoms. The number of nitrogens with zero attached hydrogens (tertiary/aromatic N) is 1. The van der Waals surface area contributed by atoms with Gasteiger partial charge in [0.15, 0.2) is 0 Å². The van der Waals surface area contributed by atoms with Gasteiger partial charge in [0.25, 0.3) is 5.24 Å². The summed E-state index contributed by atoms with van der Waals surface area (Å²) in [6.45, 7) is -0.350. The van der Waals surface area contributed by atoms with Crippen LogP contribution < -0.4 is 4.74 Å². The van der Waals surface area contributed by atoms with Gasteiger partial charge in [0.1, 0.15) is 12.3 Å². The molecule has 2 aromatic carbocycles. The Kier molecular flexibility index (Phi) is 3.62. The molecular formula is C15H11NO4S. The second-order valence-corrected chi connectivity index (χ2v) is 5.44. The molecule has 0 saturated carbocycles. The van der Waals surface area contributed by atoms with Gasteiger partial charge in [0.05, 0.1) is 5.75 Å². The van der Waals surface area contributed by atoms with Gasteiger partial charge in [-0.2, -0.15) is 0 Å². The molecule has 0 aromatic heterocycles. The van der Waals surface area contributed by atoms with Gasteiger partial charge in [-0.25, -0.2) is 4.79 Å². The minimum atomic E-state index is -0.630. The Balaban J connectivity index is 1.71. The standard InChI is InChI=1S/C15H11NO4S/c17-13-9-21-15(19)16(13)8-14(18)20-12-6-5-10-3-1-2-4-11(10)7-12/h1-7H,8-9H2. The average molecular weight is 301 g/mol. The number of thioether (sulfide) groups is 1. The third kappa shape index (κ3) is 2.90. The first-order chi connectivity index (χ1) is 10.1. The van der Waals surface area contributed by atoms with Gasteiger partial charge in [0.2, 0.25) is 5.91 Å². The van der Waals surface area contributed by atoms with E-state index in [1.165, 1.54) is 0 Å². The predicted molar refractivity (Wildman–Crippen MR) is 79.2 cm³/mol. The molecule has 5 nitrogen and oxygen atoms in total. The van der Waals surface area contributed by atoms with Crippen molar-refractivity contribution < 1.29 is 19.1 Å².